The Kier molecular flexibility index (Phi) is 5.10. The summed E-state index contributed by atoms with van der Waals surface area (Å²) in [5, 5.41) is 21.9. The minimum absolute atomic E-state index is 0.339. The number of benzene rings is 2. The number of halogens is 1. The Morgan fingerprint density at radius 2 is 1.82 bits per heavy atom. The average molecular weight is 395 g/mol. The number of hydrogen-bond donors (Lipinski definition) is 3. The molecule has 0 aliphatic rings. The Morgan fingerprint density at radius 1 is 1.07 bits per heavy atom. The molecule has 0 unspecified atom stereocenters. The molecule has 8 heteroatoms. The van der Waals surface area contributed by atoms with Crippen LogP contribution in [0.1, 0.15) is 6.92 Å². The van der Waals surface area contributed by atoms with Gasteiger partial charge in [-0.05, 0) is 43.3 Å². The van der Waals surface area contributed by atoms with Crippen LogP contribution in [0.15, 0.2) is 60.8 Å². The SMILES string of the molecule is C[C@H](O)CNc1nc(Nc2ccc(Cl)cc2)c2cnn(-c3ccccc3)c2n1. The summed E-state index contributed by atoms with van der Waals surface area (Å²) >= 11 is 5.98. The fraction of sp³-hybridized carbons (Fsp3) is 0.150. The average Bonchev–Trinajstić information content (AvgIpc) is 3.13. The van der Waals surface area contributed by atoms with Crippen molar-refractivity contribution in [2.24, 2.45) is 0 Å². The first-order valence-corrected chi connectivity index (χ1v) is 9.23. The summed E-state index contributed by atoms with van der Waals surface area (Å²) in [6, 6.07) is 17.1. The van der Waals surface area contributed by atoms with Crippen LogP contribution in [-0.4, -0.2) is 37.5 Å². The number of aromatic nitrogens is 4. The molecule has 0 amide bonds. The van der Waals surface area contributed by atoms with Gasteiger partial charge >= 0.3 is 0 Å². The van der Waals surface area contributed by atoms with Crippen LogP contribution in [0, 0.1) is 0 Å². The Labute approximate surface area is 167 Å². The summed E-state index contributed by atoms with van der Waals surface area (Å²) in [4.78, 5) is 9.17. The van der Waals surface area contributed by atoms with Crippen molar-refractivity contribution in [2.45, 2.75) is 13.0 Å². The largest absolute Gasteiger partial charge is 0.392 e. The van der Waals surface area contributed by atoms with Gasteiger partial charge in [-0.15, -0.1) is 0 Å². The molecule has 0 bridgehead atoms. The molecule has 2 aromatic heterocycles. The molecule has 0 spiro atoms. The molecule has 1 atom stereocenters. The zero-order chi connectivity index (χ0) is 19.5. The summed E-state index contributed by atoms with van der Waals surface area (Å²) in [5.74, 6) is 1.02. The van der Waals surface area contributed by atoms with Crippen molar-refractivity contribution >= 4 is 40.1 Å². The monoisotopic (exact) mass is 394 g/mol. The molecule has 4 aromatic rings. The molecule has 0 aliphatic heterocycles. The maximum absolute atomic E-state index is 9.59. The van der Waals surface area contributed by atoms with Gasteiger partial charge in [0.15, 0.2) is 5.65 Å². The van der Waals surface area contributed by atoms with Gasteiger partial charge in [0.2, 0.25) is 5.95 Å². The molecule has 2 aromatic carbocycles. The third-order valence-electron chi connectivity index (χ3n) is 4.09. The zero-order valence-electron chi connectivity index (χ0n) is 15.2. The molecule has 0 aliphatic carbocycles. The lowest BCUT2D eigenvalue weighted by Gasteiger charge is -2.12. The molecule has 2 heterocycles. The standard InChI is InChI=1S/C20H19ClN6O/c1-13(28)11-22-20-25-18(24-15-9-7-14(21)8-10-15)17-12-23-27(19(17)26-20)16-5-3-2-4-6-16/h2-10,12-13,28H,11H2,1H3,(H2,22,24,25,26)/t13-/m0/s1. The van der Waals surface area contributed by atoms with Gasteiger partial charge < -0.3 is 15.7 Å². The number of aliphatic hydroxyl groups is 1. The second-order valence-corrected chi connectivity index (χ2v) is 6.82. The van der Waals surface area contributed by atoms with E-state index in [0.717, 1.165) is 16.8 Å². The van der Waals surface area contributed by atoms with E-state index in [1.807, 2.05) is 54.6 Å². The fourth-order valence-corrected chi connectivity index (χ4v) is 2.88. The van der Waals surface area contributed by atoms with Crippen molar-refractivity contribution < 1.29 is 5.11 Å². The molecule has 0 fully saturated rings. The second kappa shape index (κ2) is 7.84. The van der Waals surface area contributed by atoms with Gasteiger partial charge in [0.05, 0.1) is 23.4 Å². The summed E-state index contributed by atoms with van der Waals surface area (Å²) in [5.41, 5.74) is 2.40. The zero-order valence-corrected chi connectivity index (χ0v) is 15.9. The van der Waals surface area contributed by atoms with Crippen molar-refractivity contribution in [1.29, 1.82) is 0 Å². The number of anilines is 3. The van der Waals surface area contributed by atoms with E-state index in [9.17, 15) is 5.11 Å². The Bertz CT molecular complexity index is 1080. The molecule has 4 rings (SSSR count). The fourth-order valence-electron chi connectivity index (χ4n) is 2.75. The second-order valence-electron chi connectivity index (χ2n) is 6.39. The van der Waals surface area contributed by atoms with E-state index < -0.39 is 6.10 Å². The predicted octanol–water partition coefficient (Wildman–Crippen LogP) is 4.01. The van der Waals surface area contributed by atoms with Crippen LogP contribution in [0.3, 0.4) is 0 Å². The maximum Gasteiger partial charge on any atom is 0.226 e. The lowest BCUT2D eigenvalue weighted by molar-refractivity contribution is 0.208. The highest BCUT2D eigenvalue weighted by molar-refractivity contribution is 6.30. The predicted molar refractivity (Wildman–Crippen MR) is 112 cm³/mol. The minimum Gasteiger partial charge on any atom is -0.392 e. The molecule has 28 heavy (non-hydrogen) atoms. The number of aliphatic hydroxyl groups excluding tert-OH is 1. The molecule has 3 N–H and O–H groups in total. The number of hydrogen-bond acceptors (Lipinski definition) is 6. The summed E-state index contributed by atoms with van der Waals surface area (Å²) in [7, 11) is 0. The smallest absolute Gasteiger partial charge is 0.226 e. The Hall–Kier alpha value is -3.16. The molecule has 0 radical (unpaired) electrons. The first-order chi connectivity index (χ1) is 13.6. The molecule has 0 saturated heterocycles. The summed E-state index contributed by atoms with van der Waals surface area (Å²) in [6.45, 7) is 2.04. The summed E-state index contributed by atoms with van der Waals surface area (Å²) < 4.78 is 1.76. The third kappa shape index (κ3) is 3.90. The number of fused-ring (bicyclic) bond motifs is 1. The van der Waals surface area contributed by atoms with Gasteiger partial charge in [0.25, 0.3) is 0 Å². The highest BCUT2D eigenvalue weighted by atomic mass is 35.5. The lowest BCUT2D eigenvalue weighted by Crippen LogP contribution is -2.17. The van der Waals surface area contributed by atoms with E-state index in [4.69, 9.17) is 11.6 Å². The van der Waals surface area contributed by atoms with E-state index in [0.29, 0.717) is 29.0 Å². The Balaban J connectivity index is 1.80. The quantitative estimate of drug-likeness (QED) is 0.458. The Morgan fingerprint density at radius 3 is 2.54 bits per heavy atom. The first kappa shape index (κ1) is 18.2. The van der Waals surface area contributed by atoms with Crippen LogP contribution in [0.25, 0.3) is 16.7 Å². The van der Waals surface area contributed by atoms with Crippen LogP contribution < -0.4 is 10.6 Å². The lowest BCUT2D eigenvalue weighted by atomic mass is 10.3. The number of nitrogens with one attached hydrogen (secondary N) is 2. The van der Waals surface area contributed by atoms with E-state index in [-0.39, 0.29) is 0 Å². The molecular weight excluding hydrogens is 376 g/mol. The van der Waals surface area contributed by atoms with Crippen LogP contribution in [0.2, 0.25) is 5.02 Å². The normalized spacial score (nSPS) is 12.1. The van der Waals surface area contributed by atoms with E-state index in [1.165, 1.54) is 0 Å². The molecule has 0 saturated carbocycles. The van der Waals surface area contributed by atoms with Gasteiger partial charge in [-0.3, -0.25) is 0 Å². The van der Waals surface area contributed by atoms with Crippen LogP contribution in [0.4, 0.5) is 17.5 Å². The van der Waals surface area contributed by atoms with Crippen LogP contribution >= 0.6 is 11.6 Å². The maximum atomic E-state index is 9.59. The van der Waals surface area contributed by atoms with Crippen LogP contribution in [0.5, 0.6) is 0 Å². The molecule has 7 nitrogen and oxygen atoms in total. The first-order valence-electron chi connectivity index (χ1n) is 8.86. The van der Waals surface area contributed by atoms with Crippen molar-refractivity contribution in [1.82, 2.24) is 19.7 Å². The van der Waals surface area contributed by atoms with Crippen LogP contribution in [-0.2, 0) is 0 Å². The highest BCUT2D eigenvalue weighted by Crippen LogP contribution is 2.27. The van der Waals surface area contributed by atoms with E-state index >= 15 is 0 Å². The topological polar surface area (TPSA) is 87.9 Å². The third-order valence-corrected chi connectivity index (χ3v) is 4.34. The number of nitrogens with zero attached hydrogens (tertiary/aromatic N) is 4. The van der Waals surface area contributed by atoms with Gasteiger partial charge in [-0.2, -0.15) is 15.1 Å². The van der Waals surface area contributed by atoms with Gasteiger partial charge in [-0.25, -0.2) is 4.68 Å². The summed E-state index contributed by atoms with van der Waals surface area (Å²) in [6.07, 6.45) is 1.21. The molecule has 142 valence electrons. The van der Waals surface area contributed by atoms with Crippen molar-refractivity contribution in [3.8, 4) is 5.69 Å². The highest BCUT2D eigenvalue weighted by Gasteiger charge is 2.14. The molecular formula is C20H19ClN6O. The van der Waals surface area contributed by atoms with Crippen molar-refractivity contribution in [3.05, 3.63) is 65.8 Å². The van der Waals surface area contributed by atoms with E-state index in [2.05, 4.69) is 25.7 Å². The van der Waals surface area contributed by atoms with Crippen molar-refractivity contribution in [2.75, 3.05) is 17.2 Å². The van der Waals surface area contributed by atoms with Gasteiger partial charge in [-0.1, -0.05) is 29.8 Å². The number of rotatable bonds is 6. The number of para-hydroxylation sites is 1. The van der Waals surface area contributed by atoms with Gasteiger partial charge in [0.1, 0.15) is 5.82 Å². The van der Waals surface area contributed by atoms with Gasteiger partial charge in [0, 0.05) is 17.3 Å². The van der Waals surface area contributed by atoms with Crippen molar-refractivity contribution in [3.63, 3.8) is 0 Å². The minimum atomic E-state index is -0.522. The van der Waals surface area contributed by atoms with E-state index in [1.54, 1.807) is 17.8 Å².